The molecule has 0 radical (unpaired) electrons. The van der Waals surface area contributed by atoms with Crippen molar-refractivity contribution < 1.29 is 14.3 Å². The fourth-order valence-corrected chi connectivity index (χ4v) is 2.24. The zero-order chi connectivity index (χ0) is 16.8. The number of rotatable bonds is 5. The number of carbonyl (C=O) groups is 2. The molecule has 5 nitrogen and oxygen atoms in total. The van der Waals surface area contributed by atoms with Crippen molar-refractivity contribution in [3.8, 4) is 0 Å². The lowest BCUT2D eigenvalue weighted by molar-refractivity contribution is -0.114. The summed E-state index contributed by atoms with van der Waals surface area (Å²) in [5.74, 6) is -0.805. The van der Waals surface area contributed by atoms with Crippen LogP contribution in [0.25, 0.3) is 0 Å². The highest BCUT2D eigenvalue weighted by molar-refractivity contribution is 6.44. The molecule has 0 saturated heterocycles. The lowest BCUT2D eigenvalue weighted by Gasteiger charge is -2.12. The summed E-state index contributed by atoms with van der Waals surface area (Å²) in [5.41, 5.74) is 1.28. The summed E-state index contributed by atoms with van der Waals surface area (Å²) < 4.78 is 4.70. The number of methoxy groups -OCH3 is 1. The van der Waals surface area contributed by atoms with E-state index in [1.165, 1.54) is 7.11 Å². The number of para-hydroxylation sites is 1. The number of esters is 1. The number of anilines is 2. The van der Waals surface area contributed by atoms with E-state index in [1.54, 1.807) is 42.5 Å². The molecule has 7 heteroatoms. The van der Waals surface area contributed by atoms with Gasteiger partial charge in [0, 0.05) is 5.69 Å². The number of hydrogen-bond donors (Lipinski definition) is 2. The number of amides is 1. The van der Waals surface area contributed by atoms with Gasteiger partial charge in [-0.2, -0.15) is 0 Å². The maximum atomic E-state index is 12.0. The Balaban J connectivity index is 2.03. The highest BCUT2D eigenvalue weighted by Gasteiger charge is 2.12. The fourth-order valence-electron chi connectivity index (χ4n) is 1.90. The molecule has 0 bridgehead atoms. The van der Waals surface area contributed by atoms with Gasteiger partial charge in [0.25, 0.3) is 0 Å². The molecule has 0 aliphatic rings. The number of halogens is 2. The summed E-state index contributed by atoms with van der Waals surface area (Å²) in [5, 5.41) is 6.17. The van der Waals surface area contributed by atoms with Gasteiger partial charge in [-0.25, -0.2) is 4.79 Å². The Morgan fingerprint density at radius 3 is 2.48 bits per heavy atom. The van der Waals surface area contributed by atoms with Gasteiger partial charge in [0.2, 0.25) is 5.91 Å². The maximum Gasteiger partial charge on any atom is 0.339 e. The van der Waals surface area contributed by atoms with E-state index in [9.17, 15) is 9.59 Å². The van der Waals surface area contributed by atoms with Crippen LogP contribution in [0.5, 0.6) is 0 Å². The fraction of sp³-hybridized carbons (Fsp3) is 0.125. The number of hydrogen-bond acceptors (Lipinski definition) is 4. The first-order valence-corrected chi connectivity index (χ1v) is 7.43. The van der Waals surface area contributed by atoms with Crippen molar-refractivity contribution in [2.75, 3.05) is 24.3 Å². The predicted octanol–water partition coefficient (Wildman–Crippen LogP) is 3.83. The van der Waals surface area contributed by atoms with Crippen molar-refractivity contribution in [1.82, 2.24) is 0 Å². The molecule has 0 fully saturated rings. The van der Waals surface area contributed by atoms with Gasteiger partial charge in [0.1, 0.15) is 0 Å². The Morgan fingerprint density at radius 1 is 1.04 bits per heavy atom. The Morgan fingerprint density at radius 2 is 1.74 bits per heavy atom. The van der Waals surface area contributed by atoms with Crippen molar-refractivity contribution in [1.29, 1.82) is 0 Å². The van der Waals surface area contributed by atoms with Gasteiger partial charge in [-0.05, 0) is 24.3 Å². The molecule has 0 aliphatic heterocycles. The molecule has 0 aliphatic carbocycles. The topological polar surface area (TPSA) is 67.4 Å². The molecule has 0 aromatic heterocycles. The van der Waals surface area contributed by atoms with E-state index in [0.717, 1.165) is 0 Å². The van der Waals surface area contributed by atoms with Crippen LogP contribution in [-0.2, 0) is 9.53 Å². The lowest BCUT2D eigenvalue weighted by atomic mass is 10.2. The van der Waals surface area contributed by atoms with Crippen LogP contribution >= 0.6 is 23.2 Å². The summed E-state index contributed by atoms with van der Waals surface area (Å²) in [6.07, 6.45) is 0. The number of carbonyl (C=O) groups excluding carboxylic acids is 2. The third-order valence-electron chi connectivity index (χ3n) is 3.00. The molecule has 2 N–H and O–H groups in total. The molecular weight excluding hydrogens is 339 g/mol. The molecule has 0 saturated carbocycles. The quantitative estimate of drug-likeness (QED) is 0.802. The minimum Gasteiger partial charge on any atom is -0.465 e. The average molecular weight is 353 g/mol. The molecule has 0 heterocycles. The number of nitrogens with one attached hydrogen (secondary N) is 2. The second-order valence-electron chi connectivity index (χ2n) is 4.54. The first-order chi connectivity index (χ1) is 11.0. The van der Waals surface area contributed by atoms with E-state index >= 15 is 0 Å². The van der Waals surface area contributed by atoms with Crippen LogP contribution in [0.15, 0.2) is 42.5 Å². The minimum absolute atomic E-state index is 0.0448. The average Bonchev–Trinajstić information content (AvgIpc) is 2.56. The summed E-state index contributed by atoms with van der Waals surface area (Å²) in [7, 11) is 1.30. The van der Waals surface area contributed by atoms with Crippen LogP contribution < -0.4 is 10.6 Å². The van der Waals surface area contributed by atoms with Gasteiger partial charge >= 0.3 is 5.97 Å². The third-order valence-corrected chi connectivity index (χ3v) is 3.82. The summed E-state index contributed by atoms with van der Waals surface area (Å²) >= 11 is 11.9. The smallest absolute Gasteiger partial charge is 0.339 e. The largest absolute Gasteiger partial charge is 0.465 e. The van der Waals surface area contributed by atoms with Crippen LogP contribution in [0.3, 0.4) is 0 Å². The van der Waals surface area contributed by atoms with Crippen LogP contribution in [0.2, 0.25) is 10.0 Å². The van der Waals surface area contributed by atoms with Gasteiger partial charge in [-0.15, -0.1) is 0 Å². The zero-order valence-electron chi connectivity index (χ0n) is 12.2. The Bertz CT molecular complexity index is 735. The Kier molecular flexibility index (Phi) is 5.84. The van der Waals surface area contributed by atoms with Crippen LogP contribution in [-0.4, -0.2) is 25.5 Å². The normalized spacial score (nSPS) is 10.0. The second-order valence-corrected chi connectivity index (χ2v) is 5.33. The highest BCUT2D eigenvalue weighted by Crippen LogP contribution is 2.29. The van der Waals surface area contributed by atoms with E-state index in [1.807, 2.05) is 0 Å². The molecule has 2 aromatic rings. The SMILES string of the molecule is COC(=O)c1ccccc1NCC(=O)Nc1cccc(Cl)c1Cl. The maximum absolute atomic E-state index is 12.0. The molecular formula is C16H14Cl2N2O3. The van der Waals surface area contributed by atoms with Gasteiger partial charge < -0.3 is 15.4 Å². The molecule has 2 aromatic carbocycles. The van der Waals surface area contributed by atoms with Crippen LogP contribution in [0, 0.1) is 0 Å². The van der Waals surface area contributed by atoms with Crippen LogP contribution in [0.4, 0.5) is 11.4 Å². The van der Waals surface area contributed by atoms with Crippen molar-refractivity contribution in [2.24, 2.45) is 0 Å². The van der Waals surface area contributed by atoms with E-state index < -0.39 is 5.97 Å². The molecule has 0 unspecified atom stereocenters. The van der Waals surface area contributed by atoms with Crippen LogP contribution in [0.1, 0.15) is 10.4 Å². The molecule has 0 spiro atoms. The first kappa shape index (κ1) is 17.1. The summed E-state index contributed by atoms with van der Waals surface area (Å²) in [6.45, 7) is -0.0448. The minimum atomic E-state index is -0.480. The van der Waals surface area contributed by atoms with Crippen molar-refractivity contribution in [3.05, 3.63) is 58.1 Å². The molecule has 120 valence electrons. The highest BCUT2D eigenvalue weighted by atomic mass is 35.5. The monoisotopic (exact) mass is 352 g/mol. The van der Waals surface area contributed by atoms with Crippen molar-refractivity contribution >= 4 is 46.5 Å². The van der Waals surface area contributed by atoms with E-state index in [-0.39, 0.29) is 17.5 Å². The third kappa shape index (κ3) is 4.37. The Labute approximate surface area is 143 Å². The van der Waals surface area contributed by atoms with Crippen molar-refractivity contribution in [3.63, 3.8) is 0 Å². The standard InChI is InChI=1S/C16H14Cl2N2O3/c1-23-16(22)10-5-2-3-7-12(10)19-9-14(21)20-13-8-4-6-11(17)15(13)18/h2-8,19H,9H2,1H3,(H,20,21). The predicted molar refractivity (Wildman–Crippen MR) is 91.4 cm³/mol. The van der Waals surface area contributed by atoms with Gasteiger partial charge in [0.05, 0.1) is 35.0 Å². The molecule has 0 atom stereocenters. The molecule has 2 rings (SSSR count). The van der Waals surface area contributed by atoms with Gasteiger partial charge in [-0.3, -0.25) is 4.79 Å². The van der Waals surface area contributed by atoms with E-state index in [0.29, 0.717) is 22.0 Å². The Hall–Kier alpha value is -2.24. The molecule has 1 amide bonds. The number of benzene rings is 2. The van der Waals surface area contributed by atoms with Crippen molar-refractivity contribution in [2.45, 2.75) is 0 Å². The zero-order valence-corrected chi connectivity index (χ0v) is 13.7. The van der Waals surface area contributed by atoms with Gasteiger partial charge in [-0.1, -0.05) is 41.4 Å². The summed E-state index contributed by atoms with van der Waals surface area (Å²) in [4.78, 5) is 23.7. The summed E-state index contributed by atoms with van der Waals surface area (Å²) in [6, 6.07) is 11.7. The van der Waals surface area contributed by atoms with E-state index in [2.05, 4.69) is 10.6 Å². The number of ether oxygens (including phenoxy) is 1. The lowest BCUT2D eigenvalue weighted by Crippen LogP contribution is -2.23. The molecule has 23 heavy (non-hydrogen) atoms. The second kappa shape index (κ2) is 7.85. The van der Waals surface area contributed by atoms with E-state index in [4.69, 9.17) is 27.9 Å². The van der Waals surface area contributed by atoms with Gasteiger partial charge in [0.15, 0.2) is 0 Å². The first-order valence-electron chi connectivity index (χ1n) is 6.68.